The average molecular weight is 439 g/mol. The topological polar surface area (TPSA) is 67.2 Å². The minimum absolute atomic E-state index is 0.145. The number of aliphatic hydroxyl groups is 1. The Morgan fingerprint density at radius 1 is 1.03 bits per heavy atom. The maximum absolute atomic E-state index is 13.0. The number of fused-ring (bicyclic) bond motifs is 1. The van der Waals surface area contributed by atoms with Crippen molar-refractivity contribution in [2.45, 2.75) is 12.7 Å². The zero-order valence-electron chi connectivity index (χ0n) is 16.9. The second-order valence-corrected chi connectivity index (χ2v) is 7.33. The summed E-state index contributed by atoms with van der Waals surface area (Å²) in [5.41, 5.74) is 2.54. The SMILES string of the molecule is O=C(NCCO)c1cccc(-c2cccc3cn(Cc4cccc(C(F)(F)F)c4)nc23)c1. The highest BCUT2D eigenvalue weighted by Crippen LogP contribution is 2.31. The Bertz CT molecular complexity index is 1260. The van der Waals surface area contributed by atoms with Crippen LogP contribution in [-0.2, 0) is 12.7 Å². The summed E-state index contributed by atoms with van der Waals surface area (Å²) in [5, 5.41) is 17.0. The van der Waals surface area contributed by atoms with Crippen molar-refractivity contribution in [3.05, 3.63) is 89.6 Å². The Morgan fingerprint density at radius 3 is 2.59 bits per heavy atom. The molecule has 0 saturated heterocycles. The first-order valence-corrected chi connectivity index (χ1v) is 9.97. The highest BCUT2D eigenvalue weighted by atomic mass is 19.4. The molecule has 4 rings (SSSR count). The molecule has 32 heavy (non-hydrogen) atoms. The maximum atomic E-state index is 13.0. The molecule has 0 atom stereocenters. The second-order valence-electron chi connectivity index (χ2n) is 7.33. The normalized spacial score (nSPS) is 11.6. The van der Waals surface area contributed by atoms with E-state index in [1.807, 2.05) is 24.3 Å². The number of aromatic nitrogens is 2. The largest absolute Gasteiger partial charge is 0.416 e. The van der Waals surface area contributed by atoms with E-state index in [-0.39, 0.29) is 25.6 Å². The van der Waals surface area contributed by atoms with Crippen LogP contribution in [0.5, 0.6) is 0 Å². The molecule has 1 heterocycles. The van der Waals surface area contributed by atoms with Crippen molar-refractivity contribution in [2.75, 3.05) is 13.2 Å². The minimum Gasteiger partial charge on any atom is -0.395 e. The molecule has 5 nitrogen and oxygen atoms in total. The van der Waals surface area contributed by atoms with Gasteiger partial charge in [-0.2, -0.15) is 18.3 Å². The van der Waals surface area contributed by atoms with Gasteiger partial charge >= 0.3 is 6.18 Å². The summed E-state index contributed by atoms with van der Waals surface area (Å²) in [6, 6.07) is 17.9. The Labute approximate surface area is 182 Å². The summed E-state index contributed by atoms with van der Waals surface area (Å²) in [5.74, 6) is -0.289. The van der Waals surface area contributed by atoms with E-state index < -0.39 is 11.7 Å². The van der Waals surface area contributed by atoms with Gasteiger partial charge in [-0.3, -0.25) is 9.48 Å². The first-order chi connectivity index (χ1) is 15.3. The number of benzene rings is 3. The molecule has 2 N–H and O–H groups in total. The lowest BCUT2D eigenvalue weighted by molar-refractivity contribution is -0.137. The summed E-state index contributed by atoms with van der Waals surface area (Å²) < 4.78 is 40.6. The number of carbonyl (C=O) groups is 1. The molecular formula is C24H20F3N3O2. The molecule has 0 bridgehead atoms. The third-order valence-corrected chi connectivity index (χ3v) is 5.02. The van der Waals surface area contributed by atoms with E-state index in [9.17, 15) is 18.0 Å². The van der Waals surface area contributed by atoms with Gasteiger partial charge < -0.3 is 10.4 Å². The third-order valence-electron chi connectivity index (χ3n) is 5.02. The number of nitrogens with one attached hydrogen (secondary N) is 1. The van der Waals surface area contributed by atoms with Crippen LogP contribution in [0.2, 0.25) is 0 Å². The molecule has 0 radical (unpaired) electrons. The molecule has 0 aliphatic heterocycles. The van der Waals surface area contributed by atoms with Gasteiger partial charge in [-0.25, -0.2) is 0 Å². The van der Waals surface area contributed by atoms with Gasteiger partial charge in [0.15, 0.2) is 0 Å². The number of aliphatic hydroxyl groups excluding tert-OH is 1. The molecule has 0 saturated carbocycles. The van der Waals surface area contributed by atoms with Crippen molar-refractivity contribution >= 4 is 16.8 Å². The highest BCUT2D eigenvalue weighted by molar-refractivity contribution is 5.98. The Morgan fingerprint density at radius 2 is 1.81 bits per heavy atom. The second kappa shape index (κ2) is 8.84. The van der Waals surface area contributed by atoms with Crippen LogP contribution in [0.4, 0.5) is 13.2 Å². The summed E-state index contributed by atoms with van der Waals surface area (Å²) >= 11 is 0. The number of rotatable bonds is 6. The lowest BCUT2D eigenvalue weighted by Gasteiger charge is -2.09. The third kappa shape index (κ3) is 4.65. The molecule has 8 heteroatoms. The smallest absolute Gasteiger partial charge is 0.395 e. The van der Waals surface area contributed by atoms with Gasteiger partial charge in [0, 0.05) is 29.3 Å². The van der Waals surface area contributed by atoms with E-state index in [1.54, 1.807) is 35.1 Å². The summed E-state index contributed by atoms with van der Waals surface area (Å²) in [7, 11) is 0. The molecule has 0 fully saturated rings. The van der Waals surface area contributed by atoms with Crippen LogP contribution in [0, 0.1) is 0 Å². The monoisotopic (exact) mass is 439 g/mol. The minimum atomic E-state index is -4.40. The molecular weight excluding hydrogens is 419 g/mol. The van der Waals surface area contributed by atoms with Gasteiger partial charge in [-0.15, -0.1) is 0 Å². The number of halogens is 3. The first-order valence-electron chi connectivity index (χ1n) is 9.97. The van der Waals surface area contributed by atoms with E-state index in [0.29, 0.717) is 16.6 Å². The van der Waals surface area contributed by atoms with E-state index in [0.717, 1.165) is 28.6 Å². The van der Waals surface area contributed by atoms with Gasteiger partial charge in [-0.1, -0.05) is 42.5 Å². The molecule has 164 valence electrons. The van der Waals surface area contributed by atoms with Crippen LogP contribution in [0.25, 0.3) is 22.0 Å². The zero-order valence-corrected chi connectivity index (χ0v) is 16.9. The van der Waals surface area contributed by atoms with Gasteiger partial charge in [0.1, 0.15) is 5.52 Å². The Kier molecular flexibility index (Phi) is 5.96. The standard InChI is InChI=1S/C24H20F3N3O2/c25-24(26,27)20-8-1-4-16(12-20)14-30-15-19-7-3-9-21(22(19)29-30)17-5-2-6-18(13-17)23(32)28-10-11-31/h1-9,12-13,15,31H,10-11,14H2,(H,28,32). The Balaban J connectivity index is 1.66. The summed E-state index contributed by atoms with van der Waals surface area (Å²) in [4.78, 5) is 12.2. The first kappa shape index (κ1) is 21.6. The van der Waals surface area contributed by atoms with E-state index in [4.69, 9.17) is 5.11 Å². The molecule has 0 spiro atoms. The molecule has 1 aromatic heterocycles. The van der Waals surface area contributed by atoms with Gasteiger partial charge in [-0.05, 0) is 35.4 Å². The van der Waals surface area contributed by atoms with Crippen molar-refractivity contribution in [1.82, 2.24) is 15.1 Å². The number of hydrogen-bond acceptors (Lipinski definition) is 3. The number of amides is 1. The Hall–Kier alpha value is -3.65. The van der Waals surface area contributed by atoms with Crippen LogP contribution < -0.4 is 5.32 Å². The van der Waals surface area contributed by atoms with Crippen LogP contribution in [0.1, 0.15) is 21.5 Å². The van der Waals surface area contributed by atoms with Crippen LogP contribution in [0.3, 0.4) is 0 Å². The molecule has 0 aliphatic carbocycles. The number of carbonyl (C=O) groups excluding carboxylic acids is 1. The quantitative estimate of drug-likeness (QED) is 0.465. The summed E-state index contributed by atoms with van der Waals surface area (Å²) in [6.07, 6.45) is -2.61. The lowest BCUT2D eigenvalue weighted by Crippen LogP contribution is -2.26. The fraction of sp³-hybridized carbons (Fsp3) is 0.167. The molecule has 1 amide bonds. The van der Waals surface area contributed by atoms with Crippen molar-refractivity contribution in [3.8, 4) is 11.1 Å². The number of nitrogens with zero attached hydrogens (tertiary/aromatic N) is 2. The van der Waals surface area contributed by atoms with Gasteiger partial charge in [0.25, 0.3) is 5.91 Å². The van der Waals surface area contributed by atoms with E-state index in [2.05, 4.69) is 10.4 Å². The fourth-order valence-electron chi connectivity index (χ4n) is 3.54. The fourth-order valence-corrected chi connectivity index (χ4v) is 3.54. The van der Waals surface area contributed by atoms with Crippen molar-refractivity contribution in [3.63, 3.8) is 0 Å². The number of alkyl halides is 3. The molecule has 0 unspecified atom stereocenters. The average Bonchev–Trinajstić information content (AvgIpc) is 3.19. The molecule has 0 aliphatic rings. The predicted octanol–water partition coefficient (Wildman–Crippen LogP) is 4.49. The van der Waals surface area contributed by atoms with Gasteiger partial charge in [0.2, 0.25) is 0 Å². The summed E-state index contributed by atoms with van der Waals surface area (Å²) in [6.45, 7) is 0.217. The molecule has 4 aromatic rings. The van der Waals surface area contributed by atoms with Crippen LogP contribution in [0.15, 0.2) is 72.9 Å². The van der Waals surface area contributed by atoms with Crippen molar-refractivity contribution in [2.24, 2.45) is 0 Å². The van der Waals surface area contributed by atoms with E-state index >= 15 is 0 Å². The van der Waals surface area contributed by atoms with Crippen molar-refractivity contribution in [1.29, 1.82) is 0 Å². The maximum Gasteiger partial charge on any atom is 0.416 e. The van der Waals surface area contributed by atoms with Crippen molar-refractivity contribution < 1.29 is 23.1 Å². The lowest BCUT2D eigenvalue weighted by atomic mass is 10.0. The van der Waals surface area contributed by atoms with Crippen LogP contribution in [-0.4, -0.2) is 33.9 Å². The molecule has 3 aromatic carbocycles. The van der Waals surface area contributed by atoms with Gasteiger partial charge in [0.05, 0.1) is 18.7 Å². The van der Waals surface area contributed by atoms with E-state index in [1.165, 1.54) is 6.07 Å². The van der Waals surface area contributed by atoms with Crippen LogP contribution >= 0.6 is 0 Å². The number of hydrogen-bond donors (Lipinski definition) is 2. The highest BCUT2D eigenvalue weighted by Gasteiger charge is 2.30. The predicted molar refractivity (Wildman–Crippen MR) is 115 cm³/mol. The zero-order chi connectivity index (χ0) is 22.7.